The predicted octanol–water partition coefficient (Wildman–Crippen LogP) is 3.39. The van der Waals surface area contributed by atoms with Crippen LogP contribution in [0.15, 0.2) is 18.5 Å². The molecule has 18 heavy (non-hydrogen) atoms. The highest BCUT2D eigenvalue weighted by molar-refractivity contribution is 8.00. The molecule has 0 aromatic carbocycles. The average Bonchev–Trinajstić information content (AvgIpc) is 2.41. The van der Waals surface area contributed by atoms with Gasteiger partial charge in [-0.2, -0.15) is 11.8 Å². The summed E-state index contributed by atoms with van der Waals surface area (Å²) in [5.41, 5.74) is 0.432. The maximum atomic E-state index is 12.0. The summed E-state index contributed by atoms with van der Waals surface area (Å²) in [6.45, 7) is 4.93. The molecule has 0 saturated carbocycles. The van der Waals surface area contributed by atoms with Crippen molar-refractivity contribution in [1.82, 2.24) is 10.3 Å². The van der Waals surface area contributed by atoms with Crippen LogP contribution in [0.3, 0.4) is 0 Å². The van der Waals surface area contributed by atoms with Crippen molar-refractivity contribution in [1.29, 1.82) is 0 Å². The fourth-order valence-corrected chi connectivity index (χ4v) is 2.73. The van der Waals surface area contributed by atoms with E-state index in [-0.39, 0.29) is 10.7 Å². The molecule has 0 radical (unpaired) electrons. The van der Waals surface area contributed by atoms with Gasteiger partial charge in [0.25, 0.3) is 5.91 Å². The predicted molar refractivity (Wildman–Crippen MR) is 78.4 cm³/mol. The zero-order chi connectivity index (χ0) is 13.6. The van der Waals surface area contributed by atoms with E-state index in [9.17, 15) is 4.79 Å². The van der Waals surface area contributed by atoms with E-state index in [1.54, 1.807) is 24.0 Å². The van der Waals surface area contributed by atoms with Gasteiger partial charge in [0, 0.05) is 23.7 Å². The van der Waals surface area contributed by atoms with Gasteiger partial charge < -0.3 is 5.32 Å². The monoisotopic (exact) mass is 286 g/mol. The molecular weight excluding hydrogens is 268 g/mol. The Hall–Kier alpha value is -0.740. The lowest BCUT2D eigenvalue weighted by Gasteiger charge is -2.29. The van der Waals surface area contributed by atoms with Gasteiger partial charge in [-0.25, -0.2) is 0 Å². The van der Waals surface area contributed by atoms with E-state index < -0.39 is 0 Å². The molecule has 5 heteroatoms. The van der Waals surface area contributed by atoms with Gasteiger partial charge in [-0.15, -0.1) is 0 Å². The molecule has 0 bridgehead atoms. The molecule has 0 unspecified atom stereocenters. The molecule has 0 aliphatic heterocycles. The second-order valence-electron chi connectivity index (χ2n) is 4.13. The number of carbonyl (C=O) groups excluding carboxylic acids is 1. The number of carbonyl (C=O) groups is 1. The lowest BCUT2D eigenvalue weighted by atomic mass is 10.0. The summed E-state index contributed by atoms with van der Waals surface area (Å²) in [4.78, 5) is 15.9. The van der Waals surface area contributed by atoms with Gasteiger partial charge in [-0.1, -0.05) is 25.4 Å². The van der Waals surface area contributed by atoms with Gasteiger partial charge >= 0.3 is 0 Å². The number of rotatable bonds is 6. The Morgan fingerprint density at radius 2 is 2.17 bits per heavy atom. The largest absolute Gasteiger partial charge is 0.351 e. The molecule has 3 nitrogen and oxygen atoms in total. The Labute approximate surface area is 118 Å². The maximum Gasteiger partial charge on any atom is 0.254 e. The quantitative estimate of drug-likeness (QED) is 0.872. The summed E-state index contributed by atoms with van der Waals surface area (Å²) in [5.74, 6) is -0.159. The highest BCUT2D eigenvalue weighted by Gasteiger charge is 2.25. The average molecular weight is 287 g/mol. The van der Waals surface area contributed by atoms with Gasteiger partial charge in [0.15, 0.2) is 0 Å². The zero-order valence-electron chi connectivity index (χ0n) is 11.0. The van der Waals surface area contributed by atoms with Crippen molar-refractivity contribution in [2.75, 3.05) is 12.8 Å². The molecule has 0 aliphatic carbocycles. The van der Waals surface area contributed by atoms with Crippen LogP contribution >= 0.6 is 23.4 Å². The number of nitrogens with one attached hydrogen (secondary N) is 1. The Bertz CT molecular complexity index is 399. The molecule has 0 saturated heterocycles. The van der Waals surface area contributed by atoms with Crippen molar-refractivity contribution in [3.8, 4) is 0 Å². The van der Waals surface area contributed by atoms with E-state index in [2.05, 4.69) is 30.4 Å². The zero-order valence-corrected chi connectivity index (χ0v) is 12.6. The summed E-state index contributed by atoms with van der Waals surface area (Å²) in [7, 11) is 0. The smallest absolute Gasteiger partial charge is 0.254 e. The van der Waals surface area contributed by atoms with Gasteiger partial charge in [0.05, 0.1) is 10.6 Å². The van der Waals surface area contributed by atoms with Crippen molar-refractivity contribution in [2.45, 2.75) is 31.4 Å². The lowest BCUT2D eigenvalue weighted by molar-refractivity contribution is 0.0948. The number of halogens is 1. The Kier molecular flexibility index (Phi) is 5.96. The van der Waals surface area contributed by atoms with Crippen LogP contribution in [0.1, 0.15) is 37.0 Å². The maximum absolute atomic E-state index is 12.0. The van der Waals surface area contributed by atoms with Gasteiger partial charge in [0.1, 0.15) is 0 Å². The SMILES string of the molecule is CCC(CC)(CNC(=O)c1cnccc1Cl)SC. The second-order valence-corrected chi connectivity index (χ2v) is 5.81. The van der Waals surface area contributed by atoms with E-state index in [0.29, 0.717) is 17.1 Å². The molecular formula is C13H19ClN2OS. The lowest BCUT2D eigenvalue weighted by Crippen LogP contribution is -2.39. The summed E-state index contributed by atoms with van der Waals surface area (Å²) < 4.78 is 0.102. The van der Waals surface area contributed by atoms with Crippen LogP contribution in [0.5, 0.6) is 0 Å². The summed E-state index contributed by atoms with van der Waals surface area (Å²) >= 11 is 7.76. The minimum Gasteiger partial charge on any atom is -0.351 e. The van der Waals surface area contributed by atoms with Crippen LogP contribution in [0.25, 0.3) is 0 Å². The third-order valence-corrected chi connectivity index (χ3v) is 5.22. The molecule has 0 spiro atoms. The molecule has 1 heterocycles. The molecule has 0 atom stereocenters. The van der Waals surface area contributed by atoms with E-state index >= 15 is 0 Å². The Balaban J connectivity index is 2.69. The van der Waals surface area contributed by atoms with Crippen molar-refractivity contribution in [2.24, 2.45) is 0 Å². The third-order valence-electron chi connectivity index (χ3n) is 3.31. The normalized spacial score (nSPS) is 11.3. The first-order chi connectivity index (χ1) is 8.58. The fraction of sp³-hybridized carbons (Fsp3) is 0.538. The molecule has 1 aromatic rings. The van der Waals surface area contributed by atoms with Crippen LogP contribution < -0.4 is 5.32 Å². The van der Waals surface area contributed by atoms with Crippen LogP contribution in [0.2, 0.25) is 5.02 Å². The second kappa shape index (κ2) is 7.00. The first-order valence-electron chi connectivity index (χ1n) is 6.01. The fourth-order valence-electron chi connectivity index (χ4n) is 1.74. The highest BCUT2D eigenvalue weighted by Crippen LogP contribution is 2.29. The van der Waals surface area contributed by atoms with Gasteiger partial charge in [-0.05, 0) is 25.2 Å². The highest BCUT2D eigenvalue weighted by atomic mass is 35.5. The molecule has 1 rings (SSSR count). The van der Waals surface area contributed by atoms with E-state index in [0.717, 1.165) is 12.8 Å². The molecule has 100 valence electrons. The number of nitrogens with zero attached hydrogens (tertiary/aromatic N) is 1. The first kappa shape index (κ1) is 15.3. The summed E-state index contributed by atoms with van der Waals surface area (Å²) in [6, 6.07) is 1.62. The van der Waals surface area contributed by atoms with Crippen molar-refractivity contribution in [3.63, 3.8) is 0 Å². The van der Waals surface area contributed by atoms with Crippen LogP contribution in [-0.4, -0.2) is 28.4 Å². The van der Waals surface area contributed by atoms with E-state index in [1.165, 1.54) is 6.20 Å². The molecule has 0 aliphatic rings. The van der Waals surface area contributed by atoms with Crippen molar-refractivity contribution in [3.05, 3.63) is 29.0 Å². The molecule has 0 fully saturated rings. The van der Waals surface area contributed by atoms with Crippen molar-refractivity contribution >= 4 is 29.3 Å². The van der Waals surface area contributed by atoms with E-state index in [4.69, 9.17) is 11.6 Å². The topological polar surface area (TPSA) is 42.0 Å². The summed E-state index contributed by atoms with van der Waals surface area (Å²) in [5, 5.41) is 3.38. The standard InChI is InChI=1S/C13H19ClN2OS/c1-4-13(5-2,18-3)9-16-12(17)10-8-15-7-6-11(10)14/h6-8H,4-5,9H2,1-3H3,(H,16,17). The molecule has 1 aromatic heterocycles. The summed E-state index contributed by atoms with van der Waals surface area (Å²) in [6.07, 6.45) is 7.19. The van der Waals surface area contributed by atoms with Crippen LogP contribution in [0, 0.1) is 0 Å². The number of hydrogen-bond acceptors (Lipinski definition) is 3. The number of pyridine rings is 1. The van der Waals surface area contributed by atoms with Crippen molar-refractivity contribution < 1.29 is 4.79 Å². The first-order valence-corrected chi connectivity index (χ1v) is 7.61. The Morgan fingerprint density at radius 3 is 2.67 bits per heavy atom. The van der Waals surface area contributed by atoms with Gasteiger partial charge in [0.2, 0.25) is 0 Å². The number of thioether (sulfide) groups is 1. The minimum atomic E-state index is -0.159. The van der Waals surface area contributed by atoms with Gasteiger partial charge in [-0.3, -0.25) is 9.78 Å². The Morgan fingerprint density at radius 1 is 1.50 bits per heavy atom. The number of hydrogen-bond donors (Lipinski definition) is 1. The molecule has 1 amide bonds. The minimum absolute atomic E-state index is 0.102. The number of amides is 1. The number of aromatic nitrogens is 1. The van der Waals surface area contributed by atoms with Crippen LogP contribution in [-0.2, 0) is 0 Å². The van der Waals surface area contributed by atoms with Crippen LogP contribution in [0.4, 0.5) is 0 Å². The van der Waals surface area contributed by atoms with E-state index in [1.807, 2.05) is 0 Å². The molecule has 1 N–H and O–H groups in total. The third kappa shape index (κ3) is 3.62.